The Balaban J connectivity index is 1.62. The van der Waals surface area contributed by atoms with Gasteiger partial charge in [-0.05, 0) is 56.5 Å². The number of fused-ring (bicyclic) bond motifs is 1. The van der Waals surface area contributed by atoms with Gasteiger partial charge in [-0.2, -0.15) is 0 Å². The third-order valence-electron chi connectivity index (χ3n) is 4.93. The van der Waals surface area contributed by atoms with Crippen molar-refractivity contribution >= 4 is 23.2 Å². The smallest absolute Gasteiger partial charge is 0.291 e. The highest BCUT2D eigenvalue weighted by molar-refractivity contribution is 6.07. The number of rotatable bonds is 4. The lowest BCUT2D eigenvalue weighted by Crippen LogP contribution is -2.21. The van der Waals surface area contributed by atoms with E-state index in [1.165, 1.54) is 18.2 Å². The van der Waals surface area contributed by atoms with Crippen LogP contribution in [0.5, 0.6) is 0 Å². The number of amides is 2. The van der Waals surface area contributed by atoms with Crippen LogP contribution in [-0.4, -0.2) is 21.4 Å². The van der Waals surface area contributed by atoms with Crippen molar-refractivity contribution in [3.8, 4) is 0 Å². The first-order valence-corrected chi connectivity index (χ1v) is 9.55. The molecule has 1 aliphatic heterocycles. The Morgan fingerprint density at radius 3 is 2.52 bits per heavy atom. The van der Waals surface area contributed by atoms with Crippen LogP contribution in [0.25, 0.3) is 0 Å². The Labute approximate surface area is 167 Å². The molecule has 0 bridgehead atoms. The van der Waals surface area contributed by atoms with Crippen LogP contribution in [-0.2, 0) is 13.0 Å². The van der Waals surface area contributed by atoms with E-state index in [0.29, 0.717) is 24.3 Å². The number of halogens is 1. The van der Waals surface area contributed by atoms with Gasteiger partial charge in [0, 0.05) is 17.9 Å². The summed E-state index contributed by atoms with van der Waals surface area (Å²) in [4.78, 5) is 30.0. The Kier molecular flexibility index (Phi) is 5.12. The van der Waals surface area contributed by atoms with Gasteiger partial charge in [0.15, 0.2) is 11.5 Å². The largest absolute Gasteiger partial charge is 0.323 e. The molecule has 148 valence electrons. The van der Waals surface area contributed by atoms with Crippen molar-refractivity contribution in [2.45, 2.75) is 32.7 Å². The first-order valence-electron chi connectivity index (χ1n) is 9.55. The standard InChI is InChI=1S/C22H21FN4O2/c1-14-8-10-16(11-9-14)24-21(28)19-18-7-2-3-12-27(18)20(26-19)22(29)25-17-6-4-5-15(23)13-17/h4-6,8-11,13H,2-3,7,12H2,1H3,(H,24,28)(H,25,29). The van der Waals surface area contributed by atoms with Crippen LogP contribution in [0, 0.1) is 12.7 Å². The van der Waals surface area contributed by atoms with Crippen molar-refractivity contribution < 1.29 is 14.0 Å². The van der Waals surface area contributed by atoms with Crippen LogP contribution in [0.1, 0.15) is 45.2 Å². The average Bonchev–Trinajstić information content (AvgIpc) is 3.10. The summed E-state index contributed by atoms with van der Waals surface area (Å²) in [5, 5.41) is 5.51. The molecule has 1 aliphatic rings. The predicted octanol–water partition coefficient (Wildman–Crippen LogP) is 4.17. The van der Waals surface area contributed by atoms with Gasteiger partial charge < -0.3 is 15.2 Å². The summed E-state index contributed by atoms with van der Waals surface area (Å²) < 4.78 is 15.2. The molecule has 2 amide bonds. The molecule has 0 fully saturated rings. The molecule has 6 nitrogen and oxygen atoms in total. The zero-order valence-corrected chi connectivity index (χ0v) is 16.0. The Morgan fingerprint density at radius 2 is 1.76 bits per heavy atom. The summed E-state index contributed by atoms with van der Waals surface area (Å²) in [6, 6.07) is 13.1. The fourth-order valence-electron chi connectivity index (χ4n) is 3.48. The lowest BCUT2D eigenvalue weighted by atomic mass is 10.1. The molecule has 7 heteroatoms. The maximum Gasteiger partial charge on any atom is 0.291 e. The fraction of sp³-hybridized carbons (Fsp3) is 0.227. The van der Waals surface area contributed by atoms with E-state index in [0.717, 1.165) is 24.1 Å². The Hall–Kier alpha value is -3.48. The van der Waals surface area contributed by atoms with Crippen LogP contribution in [0.15, 0.2) is 48.5 Å². The summed E-state index contributed by atoms with van der Waals surface area (Å²) in [5.41, 5.74) is 3.12. The molecule has 2 aromatic carbocycles. The highest BCUT2D eigenvalue weighted by atomic mass is 19.1. The van der Waals surface area contributed by atoms with Gasteiger partial charge in [-0.1, -0.05) is 23.8 Å². The van der Waals surface area contributed by atoms with E-state index >= 15 is 0 Å². The number of anilines is 2. The molecule has 0 atom stereocenters. The van der Waals surface area contributed by atoms with Gasteiger partial charge in [0.1, 0.15) is 5.82 Å². The number of carbonyl (C=O) groups is 2. The van der Waals surface area contributed by atoms with E-state index in [4.69, 9.17) is 0 Å². The minimum Gasteiger partial charge on any atom is -0.323 e. The quantitative estimate of drug-likeness (QED) is 0.700. The molecule has 3 aromatic rings. The molecule has 1 aromatic heterocycles. The summed E-state index contributed by atoms with van der Waals surface area (Å²) in [6.07, 6.45) is 2.51. The molecule has 0 spiro atoms. The first-order chi connectivity index (χ1) is 14.0. The van der Waals surface area contributed by atoms with Crippen LogP contribution in [0.3, 0.4) is 0 Å². The van der Waals surface area contributed by atoms with E-state index in [-0.39, 0.29) is 17.4 Å². The first kappa shape index (κ1) is 18.9. The van der Waals surface area contributed by atoms with Crippen molar-refractivity contribution in [3.05, 3.63) is 77.1 Å². The lowest BCUT2D eigenvalue weighted by molar-refractivity contribution is 0.101. The van der Waals surface area contributed by atoms with E-state index in [9.17, 15) is 14.0 Å². The molecular weight excluding hydrogens is 371 g/mol. The molecule has 0 saturated carbocycles. The van der Waals surface area contributed by atoms with Gasteiger partial charge in [0.25, 0.3) is 11.8 Å². The monoisotopic (exact) mass is 392 g/mol. The van der Waals surface area contributed by atoms with Gasteiger partial charge in [0.05, 0.1) is 5.69 Å². The number of nitrogens with zero attached hydrogens (tertiary/aromatic N) is 2. The van der Waals surface area contributed by atoms with Crippen LogP contribution < -0.4 is 10.6 Å². The highest BCUT2D eigenvalue weighted by Crippen LogP contribution is 2.23. The SMILES string of the molecule is Cc1ccc(NC(=O)c2nc(C(=O)Nc3cccc(F)c3)n3c2CCCC3)cc1. The number of hydrogen-bond acceptors (Lipinski definition) is 3. The zero-order valence-electron chi connectivity index (χ0n) is 16.0. The third-order valence-corrected chi connectivity index (χ3v) is 4.93. The molecule has 0 saturated heterocycles. The fourth-order valence-corrected chi connectivity index (χ4v) is 3.48. The maximum atomic E-state index is 13.4. The number of imidazole rings is 1. The number of nitrogens with one attached hydrogen (secondary N) is 2. The van der Waals surface area contributed by atoms with Crippen molar-refractivity contribution in [1.29, 1.82) is 0 Å². The van der Waals surface area contributed by atoms with E-state index in [2.05, 4.69) is 15.6 Å². The van der Waals surface area contributed by atoms with Gasteiger partial charge in [0.2, 0.25) is 0 Å². The summed E-state index contributed by atoms with van der Waals surface area (Å²) in [6.45, 7) is 2.59. The number of aromatic nitrogens is 2. The minimum atomic E-state index is -0.465. The molecular formula is C22H21FN4O2. The molecule has 0 radical (unpaired) electrons. The Bertz CT molecular complexity index is 1070. The molecule has 2 N–H and O–H groups in total. The topological polar surface area (TPSA) is 76.0 Å². The second-order valence-electron chi connectivity index (χ2n) is 7.12. The number of benzene rings is 2. The third kappa shape index (κ3) is 4.03. The molecule has 29 heavy (non-hydrogen) atoms. The van der Waals surface area contributed by atoms with Crippen molar-refractivity contribution in [3.63, 3.8) is 0 Å². The second-order valence-corrected chi connectivity index (χ2v) is 7.12. The lowest BCUT2D eigenvalue weighted by Gasteiger charge is -2.17. The van der Waals surface area contributed by atoms with Gasteiger partial charge in [-0.15, -0.1) is 0 Å². The highest BCUT2D eigenvalue weighted by Gasteiger charge is 2.27. The predicted molar refractivity (Wildman–Crippen MR) is 109 cm³/mol. The van der Waals surface area contributed by atoms with Crippen LogP contribution in [0.4, 0.5) is 15.8 Å². The zero-order chi connectivity index (χ0) is 20.4. The summed E-state index contributed by atoms with van der Waals surface area (Å²) in [7, 11) is 0. The van der Waals surface area contributed by atoms with Gasteiger partial charge >= 0.3 is 0 Å². The average molecular weight is 392 g/mol. The van der Waals surface area contributed by atoms with Crippen molar-refractivity contribution in [2.75, 3.05) is 10.6 Å². The molecule has 2 heterocycles. The van der Waals surface area contributed by atoms with Crippen LogP contribution >= 0.6 is 0 Å². The summed E-state index contributed by atoms with van der Waals surface area (Å²) in [5.74, 6) is -1.08. The maximum absolute atomic E-state index is 13.4. The minimum absolute atomic E-state index is 0.165. The number of hydrogen-bond donors (Lipinski definition) is 2. The Morgan fingerprint density at radius 1 is 1.00 bits per heavy atom. The van der Waals surface area contributed by atoms with Gasteiger partial charge in [-0.25, -0.2) is 9.37 Å². The summed E-state index contributed by atoms with van der Waals surface area (Å²) >= 11 is 0. The molecule has 0 unspecified atom stereocenters. The van der Waals surface area contributed by atoms with Crippen molar-refractivity contribution in [2.24, 2.45) is 0 Å². The van der Waals surface area contributed by atoms with Gasteiger partial charge in [-0.3, -0.25) is 9.59 Å². The normalized spacial score (nSPS) is 12.9. The van der Waals surface area contributed by atoms with Crippen molar-refractivity contribution in [1.82, 2.24) is 9.55 Å². The number of aryl methyl sites for hydroxylation is 1. The molecule has 4 rings (SSSR count). The van der Waals surface area contributed by atoms with E-state index in [1.54, 1.807) is 10.6 Å². The number of carbonyl (C=O) groups excluding carboxylic acids is 2. The van der Waals surface area contributed by atoms with E-state index in [1.807, 2.05) is 31.2 Å². The van der Waals surface area contributed by atoms with Crippen LogP contribution in [0.2, 0.25) is 0 Å². The van der Waals surface area contributed by atoms with E-state index < -0.39 is 11.7 Å². The molecule has 0 aliphatic carbocycles. The second kappa shape index (κ2) is 7.87.